The highest BCUT2D eigenvalue weighted by Crippen LogP contribution is 2.24. The molecule has 23 heavy (non-hydrogen) atoms. The highest BCUT2D eigenvalue weighted by atomic mass is 35.5. The molecule has 0 fully saturated rings. The van der Waals surface area contributed by atoms with Crippen LogP contribution in [0.15, 0.2) is 42.5 Å². The van der Waals surface area contributed by atoms with Gasteiger partial charge in [0.15, 0.2) is 0 Å². The Bertz CT molecular complexity index is 697. The van der Waals surface area contributed by atoms with E-state index in [1.54, 1.807) is 24.3 Å². The van der Waals surface area contributed by atoms with Crippen LogP contribution in [0, 0.1) is 5.82 Å². The first-order valence-electron chi connectivity index (χ1n) is 6.82. The zero-order valence-electron chi connectivity index (χ0n) is 12.3. The number of aliphatic hydroxyl groups excluding tert-OH is 1. The van der Waals surface area contributed by atoms with Crippen molar-refractivity contribution < 1.29 is 19.0 Å². The van der Waals surface area contributed by atoms with Crippen LogP contribution in [0.1, 0.15) is 11.7 Å². The molecule has 5 nitrogen and oxygen atoms in total. The molecule has 7 heteroatoms. The average molecular weight is 339 g/mol. The van der Waals surface area contributed by atoms with Crippen molar-refractivity contribution in [3.63, 3.8) is 0 Å². The van der Waals surface area contributed by atoms with E-state index in [2.05, 4.69) is 10.6 Å². The fourth-order valence-corrected chi connectivity index (χ4v) is 2.17. The Kier molecular flexibility index (Phi) is 5.78. The largest absolute Gasteiger partial charge is 0.496 e. The monoisotopic (exact) mass is 338 g/mol. The second kappa shape index (κ2) is 7.80. The maximum Gasteiger partial charge on any atom is 0.319 e. The maximum atomic E-state index is 13.0. The standard InChI is InChI=1S/C16H16ClFN2O3/c1-23-15-5-3-2-4-11(15)14(21)9-19-16(22)20-10-6-7-13(18)12(17)8-10/h2-8,14,21H,9H2,1H3,(H2,19,20,22)/t14-/m0/s1. The van der Waals surface area contributed by atoms with E-state index in [9.17, 15) is 14.3 Å². The number of carbonyl (C=O) groups excluding carboxylic acids is 1. The number of halogens is 2. The lowest BCUT2D eigenvalue weighted by Gasteiger charge is -2.15. The third-order valence-electron chi connectivity index (χ3n) is 3.13. The summed E-state index contributed by atoms with van der Waals surface area (Å²) in [5.41, 5.74) is 0.917. The van der Waals surface area contributed by atoms with Crippen molar-refractivity contribution >= 4 is 23.3 Å². The molecule has 2 aromatic carbocycles. The summed E-state index contributed by atoms with van der Waals surface area (Å²) in [5.74, 6) is -0.0308. The van der Waals surface area contributed by atoms with Gasteiger partial charge in [-0.3, -0.25) is 0 Å². The first-order chi connectivity index (χ1) is 11.0. The zero-order valence-corrected chi connectivity index (χ0v) is 13.1. The van der Waals surface area contributed by atoms with Crippen LogP contribution < -0.4 is 15.4 Å². The van der Waals surface area contributed by atoms with Crippen LogP contribution in [-0.4, -0.2) is 24.8 Å². The molecule has 2 amide bonds. The van der Waals surface area contributed by atoms with E-state index in [1.165, 1.54) is 19.2 Å². The highest BCUT2D eigenvalue weighted by molar-refractivity contribution is 6.31. The van der Waals surface area contributed by atoms with E-state index in [1.807, 2.05) is 0 Å². The predicted octanol–water partition coefficient (Wildman–Crippen LogP) is 3.34. The van der Waals surface area contributed by atoms with Gasteiger partial charge in [-0.1, -0.05) is 29.8 Å². The van der Waals surface area contributed by atoms with Gasteiger partial charge in [-0.15, -0.1) is 0 Å². The molecule has 122 valence electrons. The Morgan fingerprint density at radius 3 is 2.78 bits per heavy atom. The molecule has 0 saturated carbocycles. The van der Waals surface area contributed by atoms with E-state index in [4.69, 9.17) is 16.3 Å². The number of rotatable bonds is 5. The minimum atomic E-state index is -0.922. The first-order valence-corrected chi connectivity index (χ1v) is 7.20. The van der Waals surface area contributed by atoms with Gasteiger partial charge < -0.3 is 20.5 Å². The van der Waals surface area contributed by atoms with Gasteiger partial charge in [0.2, 0.25) is 0 Å². The maximum absolute atomic E-state index is 13.0. The molecule has 0 aromatic heterocycles. The summed E-state index contributed by atoms with van der Waals surface area (Å²) in [4.78, 5) is 11.8. The highest BCUT2D eigenvalue weighted by Gasteiger charge is 2.14. The molecular formula is C16H16ClFN2O3. The summed E-state index contributed by atoms with van der Waals surface area (Å²) in [5, 5.41) is 15.1. The molecule has 0 radical (unpaired) electrons. The quantitative estimate of drug-likeness (QED) is 0.783. The summed E-state index contributed by atoms with van der Waals surface area (Å²) >= 11 is 5.64. The molecule has 2 rings (SSSR count). The zero-order chi connectivity index (χ0) is 16.8. The van der Waals surface area contributed by atoms with Gasteiger partial charge in [-0.2, -0.15) is 0 Å². The number of urea groups is 1. The van der Waals surface area contributed by atoms with E-state index in [-0.39, 0.29) is 11.6 Å². The number of anilines is 1. The number of aliphatic hydroxyl groups is 1. The third kappa shape index (κ3) is 4.58. The van der Waals surface area contributed by atoms with Crippen LogP contribution >= 0.6 is 11.6 Å². The van der Waals surface area contributed by atoms with Crippen molar-refractivity contribution in [3.05, 3.63) is 58.9 Å². The smallest absolute Gasteiger partial charge is 0.319 e. The summed E-state index contributed by atoms with van der Waals surface area (Å²) in [6.07, 6.45) is -0.922. The van der Waals surface area contributed by atoms with Crippen molar-refractivity contribution in [1.29, 1.82) is 0 Å². The summed E-state index contributed by atoms with van der Waals surface area (Å²) in [6.45, 7) is -0.0128. The molecule has 2 aromatic rings. The lowest BCUT2D eigenvalue weighted by atomic mass is 10.1. The number of para-hydroxylation sites is 1. The molecule has 0 aliphatic rings. The molecule has 0 aliphatic carbocycles. The van der Waals surface area contributed by atoms with Crippen LogP contribution in [0.5, 0.6) is 5.75 Å². The van der Waals surface area contributed by atoms with E-state index in [0.717, 1.165) is 6.07 Å². The van der Waals surface area contributed by atoms with Gasteiger partial charge in [0.1, 0.15) is 11.6 Å². The Morgan fingerprint density at radius 2 is 2.09 bits per heavy atom. The van der Waals surface area contributed by atoms with Crippen molar-refractivity contribution in [2.24, 2.45) is 0 Å². The van der Waals surface area contributed by atoms with E-state index < -0.39 is 18.0 Å². The first kappa shape index (κ1) is 17.1. The minimum Gasteiger partial charge on any atom is -0.496 e. The lowest BCUT2D eigenvalue weighted by molar-refractivity contribution is 0.171. The molecule has 0 aliphatic heterocycles. The summed E-state index contributed by atoms with van der Waals surface area (Å²) in [7, 11) is 1.50. The number of hydrogen-bond acceptors (Lipinski definition) is 3. The van der Waals surface area contributed by atoms with Crippen molar-refractivity contribution in [3.8, 4) is 5.75 Å². The van der Waals surface area contributed by atoms with Crippen LogP contribution in [0.3, 0.4) is 0 Å². The molecule has 0 spiro atoms. The summed E-state index contributed by atoms with van der Waals surface area (Å²) in [6, 6.07) is 10.3. The molecule has 0 bridgehead atoms. The second-order valence-electron chi connectivity index (χ2n) is 4.72. The lowest BCUT2D eigenvalue weighted by Crippen LogP contribution is -2.32. The van der Waals surface area contributed by atoms with Crippen molar-refractivity contribution in [2.45, 2.75) is 6.10 Å². The van der Waals surface area contributed by atoms with Gasteiger partial charge in [0.05, 0.1) is 18.2 Å². The molecule has 0 unspecified atom stereocenters. The Hall–Kier alpha value is -2.31. The number of methoxy groups -OCH3 is 1. The Balaban J connectivity index is 1.92. The Labute approximate surface area is 138 Å². The molecule has 3 N–H and O–H groups in total. The SMILES string of the molecule is COc1ccccc1[C@@H](O)CNC(=O)Nc1ccc(F)c(Cl)c1. The van der Waals surface area contributed by atoms with Gasteiger partial charge in [-0.05, 0) is 24.3 Å². The number of carbonyl (C=O) groups is 1. The molecule has 0 heterocycles. The van der Waals surface area contributed by atoms with Gasteiger partial charge >= 0.3 is 6.03 Å². The topological polar surface area (TPSA) is 70.6 Å². The molecule has 0 saturated heterocycles. The number of hydrogen-bond donors (Lipinski definition) is 3. The normalized spacial score (nSPS) is 11.7. The fraction of sp³-hybridized carbons (Fsp3) is 0.188. The van der Waals surface area contributed by atoms with Gasteiger partial charge in [0.25, 0.3) is 0 Å². The molecule has 1 atom stereocenters. The third-order valence-corrected chi connectivity index (χ3v) is 3.42. The number of ether oxygens (including phenoxy) is 1. The van der Waals surface area contributed by atoms with Crippen molar-refractivity contribution in [2.75, 3.05) is 19.0 Å². The minimum absolute atomic E-state index is 0.0128. The summed E-state index contributed by atoms with van der Waals surface area (Å²) < 4.78 is 18.2. The average Bonchev–Trinajstić information content (AvgIpc) is 2.56. The van der Waals surface area contributed by atoms with Crippen LogP contribution in [0.25, 0.3) is 0 Å². The second-order valence-corrected chi connectivity index (χ2v) is 5.13. The number of nitrogens with one attached hydrogen (secondary N) is 2. The van der Waals surface area contributed by atoms with Gasteiger partial charge in [-0.25, -0.2) is 9.18 Å². The van der Waals surface area contributed by atoms with Crippen LogP contribution in [-0.2, 0) is 0 Å². The van der Waals surface area contributed by atoms with Crippen molar-refractivity contribution in [1.82, 2.24) is 5.32 Å². The fourth-order valence-electron chi connectivity index (χ4n) is 1.99. The Morgan fingerprint density at radius 1 is 1.35 bits per heavy atom. The van der Waals surface area contributed by atoms with E-state index in [0.29, 0.717) is 17.0 Å². The van der Waals surface area contributed by atoms with Gasteiger partial charge in [0, 0.05) is 17.8 Å². The molecular weight excluding hydrogens is 323 g/mol. The number of benzene rings is 2. The van der Waals surface area contributed by atoms with E-state index >= 15 is 0 Å². The number of amides is 2. The predicted molar refractivity (Wildman–Crippen MR) is 86.4 cm³/mol. The van der Waals surface area contributed by atoms with Crippen LogP contribution in [0.2, 0.25) is 5.02 Å². The van der Waals surface area contributed by atoms with Crippen LogP contribution in [0.4, 0.5) is 14.9 Å².